The van der Waals surface area contributed by atoms with Gasteiger partial charge in [-0.15, -0.1) is 0 Å². The second-order valence-electron chi connectivity index (χ2n) is 7.62. The number of amides is 1. The first-order chi connectivity index (χ1) is 15.0. The van der Waals surface area contributed by atoms with Crippen molar-refractivity contribution in [2.75, 3.05) is 31.1 Å². The van der Waals surface area contributed by atoms with Gasteiger partial charge in [0.25, 0.3) is 5.91 Å². The van der Waals surface area contributed by atoms with E-state index in [1.54, 1.807) is 7.11 Å². The fourth-order valence-electron chi connectivity index (χ4n) is 3.51. The highest BCUT2D eigenvalue weighted by Gasteiger charge is 2.32. The highest BCUT2D eigenvalue weighted by atomic mass is 16.5. The maximum Gasteiger partial charge on any atom is 0.281 e. The number of benzene rings is 3. The number of hydrogen-bond donors (Lipinski definition) is 0. The average molecular weight is 412 g/mol. The molecule has 31 heavy (non-hydrogen) atoms. The first kappa shape index (κ1) is 20.4. The number of rotatable bonds is 5. The van der Waals surface area contributed by atoms with Crippen LogP contribution in [0.1, 0.15) is 16.7 Å². The van der Waals surface area contributed by atoms with E-state index >= 15 is 0 Å². The van der Waals surface area contributed by atoms with Crippen LogP contribution in [0.2, 0.25) is 0 Å². The van der Waals surface area contributed by atoms with Gasteiger partial charge in [0, 0.05) is 25.3 Å². The minimum absolute atomic E-state index is 0.142. The second-order valence-corrected chi connectivity index (χ2v) is 7.62. The van der Waals surface area contributed by atoms with E-state index in [4.69, 9.17) is 9.84 Å². The molecule has 1 heterocycles. The normalized spacial score (nSPS) is 14.7. The predicted octanol–water partition coefficient (Wildman–Crippen LogP) is 4.90. The topological polar surface area (TPSA) is 45.1 Å². The molecule has 1 amide bonds. The van der Waals surface area contributed by atoms with Crippen molar-refractivity contribution in [3.63, 3.8) is 0 Å². The van der Waals surface area contributed by atoms with E-state index in [0.717, 1.165) is 33.8 Å². The molecule has 0 unspecified atom stereocenters. The molecular formula is C26H25N3O2. The lowest BCUT2D eigenvalue weighted by molar-refractivity contribution is -0.114. The van der Waals surface area contributed by atoms with Gasteiger partial charge >= 0.3 is 0 Å². The van der Waals surface area contributed by atoms with Crippen molar-refractivity contribution < 1.29 is 9.53 Å². The molecule has 0 saturated carbocycles. The fraction of sp³-hybridized carbons (Fsp3) is 0.154. The number of anilines is 2. The molecule has 0 radical (unpaired) electrons. The summed E-state index contributed by atoms with van der Waals surface area (Å²) in [7, 11) is 5.64. The molecule has 0 bridgehead atoms. The number of aryl methyl sites for hydroxylation is 1. The van der Waals surface area contributed by atoms with Gasteiger partial charge in [0.2, 0.25) is 0 Å². The van der Waals surface area contributed by atoms with Crippen molar-refractivity contribution >= 4 is 29.1 Å². The molecule has 0 aliphatic carbocycles. The van der Waals surface area contributed by atoms with Crippen LogP contribution in [0.15, 0.2) is 83.5 Å². The highest BCUT2D eigenvalue weighted by Crippen LogP contribution is 2.30. The van der Waals surface area contributed by atoms with Crippen LogP contribution in [0.5, 0.6) is 5.75 Å². The number of hydrazone groups is 1. The van der Waals surface area contributed by atoms with Crippen molar-refractivity contribution in [2.45, 2.75) is 6.92 Å². The zero-order chi connectivity index (χ0) is 22.0. The fourth-order valence-corrected chi connectivity index (χ4v) is 3.51. The monoisotopic (exact) mass is 411 g/mol. The molecule has 0 fully saturated rings. The number of ether oxygens (including phenoxy) is 1. The maximum atomic E-state index is 13.5. The minimum atomic E-state index is -0.142. The molecule has 3 aromatic rings. The summed E-state index contributed by atoms with van der Waals surface area (Å²) in [6.45, 7) is 1.98. The summed E-state index contributed by atoms with van der Waals surface area (Å²) in [4.78, 5) is 15.5. The largest absolute Gasteiger partial charge is 0.497 e. The summed E-state index contributed by atoms with van der Waals surface area (Å²) >= 11 is 0. The van der Waals surface area contributed by atoms with Gasteiger partial charge in [-0.2, -0.15) is 10.1 Å². The Balaban J connectivity index is 1.80. The number of nitrogens with zero attached hydrogens (tertiary/aromatic N) is 3. The van der Waals surface area contributed by atoms with Crippen molar-refractivity contribution in [2.24, 2.45) is 5.10 Å². The number of carbonyl (C=O) groups excluding carboxylic acids is 1. The zero-order valence-electron chi connectivity index (χ0n) is 18.2. The molecule has 0 atom stereocenters. The molecule has 5 heteroatoms. The summed E-state index contributed by atoms with van der Waals surface area (Å²) in [6, 6.07) is 23.5. The van der Waals surface area contributed by atoms with Crippen LogP contribution in [0.4, 0.5) is 11.4 Å². The third-order valence-corrected chi connectivity index (χ3v) is 5.31. The Morgan fingerprint density at radius 1 is 0.935 bits per heavy atom. The summed E-state index contributed by atoms with van der Waals surface area (Å²) in [5.41, 5.74) is 5.89. The van der Waals surface area contributed by atoms with Crippen LogP contribution in [0.3, 0.4) is 0 Å². The Bertz CT molecular complexity index is 1160. The van der Waals surface area contributed by atoms with Gasteiger partial charge < -0.3 is 9.64 Å². The van der Waals surface area contributed by atoms with Crippen LogP contribution < -0.4 is 14.6 Å². The summed E-state index contributed by atoms with van der Waals surface area (Å²) in [5.74, 6) is 0.617. The number of methoxy groups -OCH3 is 1. The second kappa shape index (κ2) is 8.48. The maximum absolute atomic E-state index is 13.5. The van der Waals surface area contributed by atoms with E-state index in [-0.39, 0.29) is 5.91 Å². The molecule has 3 aromatic carbocycles. The van der Waals surface area contributed by atoms with Gasteiger partial charge in [-0.25, -0.2) is 0 Å². The molecular weight excluding hydrogens is 386 g/mol. The van der Waals surface area contributed by atoms with Gasteiger partial charge in [0.05, 0.1) is 18.4 Å². The Morgan fingerprint density at radius 3 is 2.23 bits per heavy atom. The van der Waals surface area contributed by atoms with E-state index in [0.29, 0.717) is 11.3 Å². The van der Waals surface area contributed by atoms with E-state index in [9.17, 15) is 4.79 Å². The lowest BCUT2D eigenvalue weighted by Gasteiger charge is -2.14. The predicted molar refractivity (Wildman–Crippen MR) is 127 cm³/mol. The lowest BCUT2D eigenvalue weighted by atomic mass is 10.00. The minimum Gasteiger partial charge on any atom is -0.497 e. The lowest BCUT2D eigenvalue weighted by Crippen LogP contribution is -2.22. The molecule has 156 valence electrons. The molecule has 4 rings (SSSR count). The Morgan fingerprint density at radius 2 is 1.61 bits per heavy atom. The molecule has 0 spiro atoms. The molecule has 0 N–H and O–H groups in total. The van der Waals surface area contributed by atoms with E-state index in [2.05, 4.69) is 0 Å². The molecule has 0 aromatic heterocycles. The molecule has 0 saturated heterocycles. The number of para-hydroxylation sites is 1. The number of hydrogen-bond acceptors (Lipinski definition) is 4. The van der Waals surface area contributed by atoms with Gasteiger partial charge in [-0.05, 0) is 66.6 Å². The average Bonchev–Trinajstić information content (AvgIpc) is 3.10. The van der Waals surface area contributed by atoms with Crippen molar-refractivity contribution in [1.82, 2.24) is 0 Å². The zero-order valence-corrected chi connectivity index (χ0v) is 18.2. The quantitative estimate of drug-likeness (QED) is 0.561. The third-order valence-electron chi connectivity index (χ3n) is 5.31. The van der Waals surface area contributed by atoms with Crippen LogP contribution >= 0.6 is 0 Å². The first-order valence-corrected chi connectivity index (χ1v) is 10.1. The van der Waals surface area contributed by atoms with Gasteiger partial charge in [0.1, 0.15) is 11.5 Å². The Labute approximate surface area is 182 Å². The van der Waals surface area contributed by atoms with Crippen LogP contribution in [-0.2, 0) is 4.79 Å². The SMILES string of the molecule is COc1ccc(C2=NN(c3ccccc3C)C(=O)/C2=C/c2ccc(N(C)C)cc2)cc1. The first-order valence-electron chi connectivity index (χ1n) is 10.1. The van der Waals surface area contributed by atoms with Gasteiger partial charge in [-0.3, -0.25) is 4.79 Å². The molecule has 1 aliphatic rings. The van der Waals surface area contributed by atoms with Gasteiger partial charge in [-0.1, -0.05) is 30.3 Å². The van der Waals surface area contributed by atoms with Crippen molar-refractivity contribution in [1.29, 1.82) is 0 Å². The summed E-state index contributed by atoms with van der Waals surface area (Å²) in [5, 5.41) is 6.23. The third kappa shape index (κ3) is 4.08. The van der Waals surface area contributed by atoms with Crippen molar-refractivity contribution in [3.8, 4) is 5.75 Å². The highest BCUT2D eigenvalue weighted by molar-refractivity contribution is 6.37. The summed E-state index contributed by atoms with van der Waals surface area (Å²) in [6.07, 6.45) is 1.91. The van der Waals surface area contributed by atoms with Crippen LogP contribution in [0, 0.1) is 6.92 Å². The molecule has 5 nitrogen and oxygen atoms in total. The van der Waals surface area contributed by atoms with E-state index in [1.807, 2.05) is 105 Å². The standard InChI is InChI=1S/C26H25N3O2/c1-18-7-5-6-8-24(18)29-26(30)23(17-19-9-13-21(14-10-19)28(2)3)25(27-29)20-11-15-22(31-4)16-12-20/h5-17H,1-4H3/b23-17+. The van der Waals surface area contributed by atoms with Crippen molar-refractivity contribution in [3.05, 3.63) is 95.1 Å². The van der Waals surface area contributed by atoms with E-state index in [1.165, 1.54) is 5.01 Å². The molecule has 1 aliphatic heterocycles. The van der Waals surface area contributed by atoms with Gasteiger partial charge in [0.15, 0.2) is 0 Å². The summed E-state index contributed by atoms with van der Waals surface area (Å²) < 4.78 is 5.28. The van der Waals surface area contributed by atoms with Crippen LogP contribution in [0.25, 0.3) is 6.08 Å². The Hall–Kier alpha value is -3.86. The smallest absolute Gasteiger partial charge is 0.281 e. The number of carbonyl (C=O) groups is 1. The Kier molecular flexibility index (Phi) is 5.58. The van der Waals surface area contributed by atoms with E-state index < -0.39 is 0 Å². The van der Waals surface area contributed by atoms with Crippen LogP contribution in [-0.4, -0.2) is 32.8 Å².